The first-order valence-electron chi connectivity index (χ1n) is 9.20. The van der Waals surface area contributed by atoms with Crippen LogP contribution in [-0.4, -0.2) is 21.8 Å². The zero-order chi connectivity index (χ0) is 19.1. The van der Waals surface area contributed by atoms with Gasteiger partial charge in [-0.3, -0.25) is 9.59 Å². The molecule has 2 amide bonds. The highest BCUT2D eigenvalue weighted by Crippen LogP contribution is 2.27. The van der Waals surface area contributed by atoms with Crippen molar-refractivity contribution >= 4 is 28.5 Å². The van der Waals surface area contributed by atoms with Gasteiger partial charge in [0.15, 0.2) is 0 Å². The lowest BCUT2D eigenvalue weighted by molar-refractivity contribution is 0.0925. The van der Waals surface area contributed by atoms with E-state index in [-0.39, 0.29) is 11.8 Å². The van der Waals surface area contributed by atoms with Gasteiger partial charge in [-0.15, -0.1) is 0 Å². The van der Waals surface area contributed by atoms with Crippen LogP contribution in [-0.2, 0) is 12.8 Å². The van der Waals surface area contributed by atoms with Gasteiger partial charge in [0.2, 0.25) is 0 Å². The maximum atomic E-state index is 12.7. The number of aromatic amines is 1. The molecule has 0 unspecified atom stereocenters. The molecule has 0 saturated carbocycles. The number of hydrogen-bond donors (Lipinski definition) is 1. The highest BCUT2D eigenvalue weighted by Gasteiger charge is 2.37. The van der Waals surface area contributed by atoms with Crippen LogP contribution < -0.4 is 4.90 Å². The van der Waals surface area contributed by atoms with Crippen LogP contribution in [0.5, 0.6) is 0 Å². The number of carbonyl (C=O) groups is 2. The lowest BCUT2D eigenvalue weighted by Crippen LogP contribution is -2.30. The van der Waals surface area contributed by atoms with Crippen LogP contribution in [0.25, 0.3) is 10.9 Å². The predicted molar refractivity (Wildman–Crippen MR) is 108 cm³/mol. The normalized spacial score (nSPS) is 13.4. The Hall–Kier alpha value is -3.73. The van der Waals surface area contributed by atoms with Gasteiger partial charge in [-0.1, -0.05) is 30.3 Å². The summed E-state index contributed by atoms with van der Waals surface area (Å²) in [7, 11) is 0. The Morgan fingerprint density at radius 2 is 1.61 bits per heavy atom. The molecule has 4 aromatic rings. The molecule has 1 aliphatic heterocycles. The number of amides is 2. The molecule has 0 aliphatic carbocycles. The van der Waals surface area contributed by atoms with E-state index < -0.39 is 0 Å². The van der Waals surface area contributed by atoms with Crippen LogP contribution in [0.2, 0.25) is 0 Å². The highest BCUT2D eigenvalue weighted by atomic mass is 16.2. The van der Waals surface area contributed by atoms with E-state index in [0.717, 1.165) is 24.1 Å². The molecule has 0 fully saturated rings. The minimum atomic E-state index is -0.317. The van der Waals surface area contributed by atoms with Crippen LogP contribution in [0.1, 0.15) is 32.0 Å². The van der Waals surface area contributed by atoms with E-state index in [0.29, 0.717) is 16.9 Å². The maximum Gasteiger partial charge on any atom is 0.267 e. The predicted octanol–water partition coefficient (Wildman–Crippen LogP) is 4.15. The molecule has 28 heavy (non-hydrogen) atoms. The van der Waals surface area contributed by atoms with E-state index in [2.05, 4.69) is 28.2 Å². The smallest absolute Gasteiger partial charge is 0.267 e. The third-order valence-electron chi connectivity index (χ3n) is 5.10. The van der Waals surface area contributed by atoms with Crippen molar-refractivity contribution in [2.45, 2.75) is 12.8 Å². The number of nitrogens with zero attached hydrogens (tertiary/aromatic N) is 2. The second-order valence-corrected chi connectivity index (χ2v) is 6.88. The number of aromatic nitrogens is 2. The van der Waals surface area contributed by atoms with Gasteiger partial charge >= 0.3 is 0 Å². The zero-order valence-electron chi connectivity index (χ0n) is 15.1. The molecule has 1 N–H and O–H groups in total. The van der Waals surface area contributed by atoms with E-state index in [1.54, 1.807) is 30.3 Å². The third kappa shape index (κ3) is 2.68. The number of hydrogen-bond acceptors (Lipinski definition) is 3. The van der Waals surface area contributed by atoms with Crippen molar-refractivity contribution in [3.05, 3.63) is 95.3 Å². The molecule has 2 aromatic heterocycles. The molecule has 136 valence electrons. The van der Waals surface area contributed by atoms with Crippen LogP contribution in [0.4, 0.5) is 5.82 Å². The van der Waals surface area contributed by atoms with Gasteiger partial charge in [0.1, 0.15) is 5.82 Å². The number of benzene rings is 2. The van der Waals surface area contributed by atoms with Gasteiger partial charge in [-0.05, 0) is 60.2 Å². The molecular formula is C23H17N3O2. The fraction of sp³-hybridized carbons (Fsp3) is 0.0870. The first kappa shape index (κ1) is 16.4. The van der Waals surface area contributed by atoms with Crippen LogP contribution in [0, 0.1) is 0 Å². The quantitative estimate of drug-likeness (QED) is 0.551. The number of anilines is 1. The average Bonchev–Trinajstić information content (AvgIpc) is 3.29. The molecular weight excluding hydrogens is 350 g/mol. The fourth-order valence-corrected chi connectivity index (χ4v) is 3.65. The van der Waals surface area contributed by atoms with Gasteiger partial charge in [-0.25, -0.2) is 9.88 Å². The van der Waals surface area contributed by atoms with Gasteiger partial charge < -0.3 is 4.98 Å². The van der Waals surface area contributed by atoms with Gasteiger partial charge in [0.05, 0.1) is 11.1 Å². The standard InChI is InChI=1S/C23H17N3O2/c27-22-18-5-1-2-6-19(18)23(28)26(22)21-7-3-4-17(25-21)11-9-15-8-10-16-12-13-24-20(16)14-15/h1-8,10,12-14,24H,9,11H2. The molecule has 0 bridgehead atoms. The Kier molecular flexibility index (Phi) is 3.79. The summed E-state index contributed by atoms with van der Waals surface area (Å²) in [5.41, 5.74) is 4.03. The van der Waals surface area contributed by atoms with E-state index in [9.17, 15) is 9.59 Å². The molecule has 2 aromatic carbocycles. The summed E-state index contributed by atoms with van der Waals surface area (Å²) in [5, 5.41) is 1.19. The Labute approximate surface area is 161 Å². The van der Waals surface area contributed by atoms with Gasteiger partial charge in [0, 0.05) is 17.4 Å². The number of carbonyl (C=O) groups excluding carboxylic acids is 2. The summed E-state index contributed by atoms with van der Waals surface area (Å²) in [6.45, 7) is 0. The molecule has 0 radical (unpaired) electrons. The van der Waals surface area contributed by atoms with Crippen molar-refractivity contribution in [2.75, 3.05) is 4.90 Å². The van der Waals surface area contributed by atoms with E-state index >= 15 is 0 Å². The first-order chi connectivity index (χ1) is 13.7. The monoisotopic (exact) mass is 367 g/mol. The second-order valence-electron chi connectivity index (χ2n) is 6.88. The molecule has 5 rings (SSSR count). The maximum absolute atomic E-state index is 12.7. The van der Waals surface area contributed by atoms with Crippen molar-refractivity contribution in [1.82, 2.24) is 9.97 Å². The van der Waals surface area contributed by atoms with Crippen LogP contribution in [0.3, 0.4) is 0 Å². The fourth-order valence-electron chi connectivity index (χ4n) is 3.65. The lowest BCUT2D eigenvalue weighted by Gasteiger charge is -2.13. The summed E-state index contributed by atoms with van der Waals surface area (Å²) in [6, 6.07) is 20.8. The Morgan fingerprint density at radius 3 is 2.39 bits per heavy atom. The molecule has 0 atom stereocenters. The van der Waals surface area contributed by atoms with Gasteiger partial charge in [0.25, 0.3) is 11.8 Å². The number of H-pyrrole nitrogens is 1. The first-order valence-corrected chi connectivity index (χ1v) is 9.20. The summed E-state index contributed by atoms with van der Waals surface area (Å²) in [4.78, 5) is 34.3. The molecule has 3 heterocycles. The summed E-state index contributed by atoms with van der Waals surface area (Å²) in [6.07, 6.45) is 3.48. The van der Waals surface area contributed by atoms with Crippen molar-refractivity contribution in [3.8, 4) is 0 Å². The number of imide groups is 1. The molecule has 1 aliphatic rings. The zero-order valence-corrected chi connectivity index (χ0v) is 15.1. The molecule has 0 saturated heterocycles. The van der Waals surface area contributed by atoms with E-state index in [4.69, 9.17) is 0 Å². The molecule has 5 heteroatoms. The Bertz CT molecular complexity index is 1190. The molecule has 0 spiro atoms. The largest absolute Gasteiger partial charge is 0.361 e. The summed E-state index contributed by atoms with van der Waals surface area (Å²) >= 11 is 0. The minimum Gasteiger partial charge on any atom is -0.361 e. The number of fused-ring (bicyclic) bond motifs is 2. The number of pyridine rings is 1. The van der Waals surface area contributed by atoms with Crippen molar-refractivity contribution in [2.24, 2.45) is 0 Å². The van der Waals surface area contributed by atoms with E-state index in [1.165, 1.54) is 15.8 Å². The van der Waals surface area contributed by atoms with Crippen molar-refractivity contribution < 1.29 is 9.59 Å². The highest BCUT2D eigenvalue weighted by molar-refractivity contribution is 6.34. The lowest BCUT2D eigenvalue weighted by atomic mass is 10.1. The van der Waals surface area contributed by atoms with Crippen LogP contribution in [0.15, 0.2) is 72.9 Å². The number of aryl methyl sites for hydroxylation is 2. The van der Waals surface area contributed by atoms with Gasteiger partial charge in [-0.2, -0.15) is 0 Å². The number of rotatable bonds is 4. The average molecular weight is 367 g/mol. The second kappa shape index (κ2) is 6.46. The van der Waals surface area contributed by atoms with Crippen molar-refractivity contribution in [3.63, 3.8) is 0 Å². The Balaban J connectivity index is 1.38. The molecule has 5 nitrogen and oxygen atoms in total. The topological polar surface area (TPSA) is 66.1 Å². The number of nitrogens with one attached hydrogen (secondary N) is 1. The SMILES string of the molecule is O=C1c2ccccc2C(=O)N1c1cccc(CCc2ccc3cc[nH]c3c2)n1. The minimum absolute atomic E-state index is 0.317. The Morgan fingerprint density at radius 1 is 0.821 bits per heavy atom. The summed E-state index contributed by atoms with van der Waals surface area (Å²) in [5.74, 6) is -0.256. The van der Waals surface area contributed by atoms with Crippen molar-refractivity contribution in [1.29, 1.82) is 0 Å². The third-order valence-corrected chi connectivity index (χ3v) is 5.10. The van der Waals surface area contributed by atoms with Crippen LogP contribution >= 0.6 is 0 Å². The van der Waals surface area contributed by atoms with E-state index in [1.807, 2.05) is 24.4 Å². The summed E-state index contributed by atoms with van der Waals surface area (Å²) < 4.78 is 0.